The van der Waals surface area contributed by atoms with E-state index in [1.807, 2.05) is 30.3 Å². The van der Waals surface area contributed by atoms with E-state index in [4.69, 9.17) is 10.5 Å². The molecule has 2 N–H and O–H groups in total. The molecule has 1 saturated carbocycles. The lowest BCUT2D eigenvalue weighted by Gasteiger charge is -2.23. The van der Waals surface area contributed by atoms with Gasteiger partial charge in [-0.3, -0.25) is 0 Å². The van der Waals surface area contributed by atoms with Crippen molar-refractivity contribution < 1.29 is 4.74 Å². The lowest BCUT2D eigenvalue weighted by molar-refractivity contribution is 0.277. The molecule has 0 spiro atoms. The van der Waals surface area contributed by atoms with E-state index >= 15 is 0 Å². The minimum Gasteiger partial charge on any atom is -0.494 e. The quantitative estimate of drug-likeness (QED) is 0.791. The van der Waals surface area contributed by atoms with Crippen LogP contribution in [0.25, 0.3) is 0 Å². The van der Waals surface area contributed by atoms with Crippen molar-refractivity contribution in [3.8, 4) is 5.75 Å². The Morgan fingerprint density at radius 2 is 2.12 bits per heavy atom. The predicted octanol–water partition coefficient (Wildman–Crippen LogP) is 3.36. The summed E-state index contributed by atoms with van der Waals surface area (Å²) >= 11 is 0. The molecular formula is C15H23NO. The molecule has 0 aromatic heterocycles. The lowest BCUT2D eigenvalue weighted by Crippen LogP contribution is -2.37. The standard InChI is InChI=1S/C15H23NO/c1-13-8-10-15(16,12-13)9-5-11-17-14-6-3-2-4-7-14/h2-4,6-7,13H,5,8-12,16H2,1H3. The van der Waals surface area contributed by atoms with Crippen LogP contribution in [-0.2, 0) is 0 Å². The zero-order chi connectivity index (χ0) is 12.1. The summed E-state index contributed by atoms with van der Waals surface area (Å²) in [4.78, 5) is 0. The van der Waals surface area contributed by atoms with E-state index in [-0.39, 0.29) is 5.54 Å². The van der Waals surface area contributed by atoms with Gasteiger partial charge in [0.1, 0.15) is 5.75 Å². The minimum atomic E-state index is 0.0828. The molecule has 94 valence electrons. The number of para-hydroxylation sites is 1. The zero-order valence-electron chi connectivity index (χ0n) is 10.7. The Kier molecular flexibility index (Phi) is 4.06. The number of ether oxygens (including phenoxy) is 1. The molecule has 1 aliphatic carbocycles. The van der Waals surface area contributed by atoms with E-state index in [1.54, 1.807) is 0 Å². The second-order valence-electron chi connectivity index (χ2n) is 5.48. The average Bonchev–Trinajstić information content (AvgIpc) is 2.67. The molecule has 2 atom stereocenters. The SMILES string of the molecule is CC1CCC(N)(CCCOc2ccccc2)C1. The Bertz CT molecular complexity index is 338. The molecule has 0 bridgehead atoms. The van der Waals surface area contributed by atoms with E-state index in [9.17, 15) is 0 Å². The second kappa shape index (κ2) is 5.54. The van der Waals surface area contributed by atoms with Crippen molar-refractivity contribution in [2.45, 2.75) is 44.6 Å². The summed E-state index contributed by atoms with van der Waals surface area (Å²) < 4.78 is 5.68. The smallest absolute Gasteiger partial charge is 0.119 e. The van der Waals surface area contributed by atoms with Crippen molar-refractivity contribution >= 4 is 0 Å². The minimum absolute atomic E-state index is 0.0828. The van der Waals surface area contributed by atoms with Gasteiger partial charge in [0, 0.05) is 5.54 Å². The van der Waals surface area contributed by atoms with E-state index in [0.29, 0.717) is 0 Å². The fourth-order valence-corrected chi connectivity index (χ4v) is 2.79. The van der Waals surface area contributed by atoms with Gasteiger partial charge in [0.05, 0.1) is 6.61 Å². The van der Waals surface area contributed by atoms with Crippen LogP contribution in [0.1, 0.15) is 39.0 Å². The summed E-state index contributed by atoms with van der Waals surface area (Å²) in [5, 5.41) is 0. The third kappa shape index (κ3) is 3.74. The van der Waals surface area contributed by atoms with Gasteiger partial charge in [-0.2, -0.15) is 0 Å². The number of nitrogens with two attached hydrogens (primary N) is 1. The number of hydrogen-bond acceptors (Lipinski definition) is 2. The Labute approximate surface area is 104 Å². The van der Waals surface area contributed by atoms with Gasteiger partial charge in [-0.25, -0.2) is 0 Å². The Morgan fingerprint density at radius 1 is 1.35 bits per heavy atom. The highest BCUT2D eigenvalue weighted by atomic mass is 16.5. The summed E-state index contributed by atoms with van der Waals surface area (Å²) in [7, 11) is 0. The van der Waals surface area contributed by atoms with E-state index < -0.39 is 0 Å². The molecule has 0 saturated heterocycles. The summed E-state index contributed by atoms with van der Waals surface area (Å²) in [5.74, 6) is 1.76. The second-order valence-corrected chi connectivity index (χ2v) is 5.48. The first-order valence-electron chi connectivity index (χ1n) is 6.65. The largest absolute Gasteiger partial charge is 0.494 e. The van der Waals surface area contributed by atoms with Crippen molar-refractivity contribution in [1.29, 1.82) is 0 Å². The van der Waals surface area contributed by atoms with Crippen molar-refractivity contribution in [3.05, 3.63) is 30.3 Å². The summed E-state index contributed by atoms with van der Waals surface area (Å²) in [6.45, 7) is 3.08. The van der Waals surface area contributed by atoms with Gasteiger partial charge in [-0.15, -0.1) is 0 Å². The fourth-order valence-electron chi connectivity index (χ4n) is 2.79. The van der Waals surface area contributed by atoms with Crippen LogP contribution >= 0.6 is 0 Å². The van der Waals surface area contributed by atoms with E-state index in [2.05, 4.69) is 6.92 Å². The zero-order valence-corrected chi connectivity index (χ0v) is 10.7. The fraction of sp³-hybridized carbons (Fsp3) is 0.600. The van der Waals surface area contributed by atoms with Crippen molar-refractivity contribution in [1.82, 2.24) is 0 Å². The molecule has 2 heteroatoms. The highest BCUT2D eigenvalue weighted by molar-refractivity contribution is 5.20. The molecule has 2 unspecified atom stereocenters. The number of rotatable bonds is 5. The Morgan fingerprint density at radius 3 is 2.76 bits per heavy atom. The van der Waals surface area contributed by atoms with E-state index in [0.717, 1.165) is 31.1 Å². The van der Waals surface area contributed by atoms with Crippen LogP contribution in [0.4, 0.5) is 0 Å². The maximum absolute atomic E-state index is 6.37. The summed E-state index contributed by atoms with van der Waals surface area (Å²) in [5.41, 5.74) is 6.46. The molecule has 1 aromatic carbocycles. The third-order valence-electron chi connectivity index (χ3n) is 3.72. The molecule has 1 aliphatic rings. The van der Waals surface area contributed by atoms with Gasteiger partial charge < -0.3 is 10.5 Å². The van der Waals surface area contributed by atoms with Crippen LogP contribution < -0.4 is 10.5 Å². The summed E-state index contributed by atoms with van der Waals surface area (Å²) in [6.07, 6.45) is 5.79. The van der Waals surface area contributed by atoms with Crippen molar-refractivity contribution in [3.63, 3.8) is 0 Å². The lowest BCUT2D eigenvalue weighted by atomic mass is 9.92. The van der Waals surface area contributed by atoms with Crippen LogP contribution in [-0.4, -0.2) is 12.1 Å². The first kappa shape index (κ1) is 12.4. The van der Waals surface area contributed by atoms with Gasteiger partial charge in [-0.05, 0) is 50.2 Å². The average molecular weight is 233 g/mol. The van der Waals surface area contributed by atoms with Crippen molar-refractivity contribution in [2.75, 3.05) is 6.61 Å². The van der Waals surface area contributed by atoms with Gasteiger partial charge in [0.15, 0.2) is 0 Å². The van der Waals surface area contributed by atoms with Crippen LogP contribution in [0.15, 0.2) is 30.3 Å². The normalized spacial score (nSPS) is 28.2. The molecule has 0 amide bonds. The Hall–Kier alpha value is -1.02. The summed E-state index contributed by atoms with van der Waals surface area (Å²) in [6, 6.07) is 9.99. The van der Waals surface area contributed by atoms with Gasteiger partial charge in [0.25, 0.3) is 0 Å². The van der Waals surface area contributed by atoms with Gasteiger partial charge in [0.2, 0.25) is 0 Å². The maximum Gasteiger partial charge on any atom is 0.119 e. The van der Waals surface area contributed by atoms with E-state index in [1.165, 1.54) is 19.3 Å². The molecule has 2 nitrogen and oxygen atoms in total. The van der Waals surface area contributed by atoms with Gasteiger partial charge >= 0.3 is 0 Å². The maximum atomic E-state index is 6.37. The van der Waals surface area contributed by atoms with Crippen LogP contribution in [0.3, 0.4) is 0 Å². The monoisotopic (exact) mass is 233 g/mol. The number of benzene rings is 1. The molecule has 0 radical (unpaired) electrons. The van der Waals surface area contributed by atoms with Crippen LogP contribution in [0.2, 0.25) is 0 Å². The molecular weight excluding hydrogens is 210 g/mol. The molecule has 1 fully saturated rings. The van der Waals surface area contributed by atoms with Crippen LogP contribution in [0.5, 0.6) is 5.75 Å². The molecule has 17 heavy (non-hydrogen) atoms. The molecule has 1 aromatic rings. The predicted molar refractivity (Wildman–Crippen MR) is 71.1 cm³/mol. The number of hydrogen-bond donors (Lipinski definition) is 1. The van der Waals surface area contributed by atoms with Crippen LogP contribution in [0, 0.1) is 5.92 Å². The first-order valence-corrected chi connectivity index (χ1v) is 6.65. The van der Waals surface area contributed by atoms with Crippen molar-refractivity contribution in [2.24, 2.45) is 11.7 Å². The Balaban J connectivity index is 1.67. The molecule has 2 rings (SSSR count). The molecule has 0 heterocycles. The first-order chi connectivity index (χ1) is 8.18. The van der Waals surface area contributed by atoms with Gasteiger partial charge in [-0.1, -0.05) is 25.1 Å². The highest BCUT2D eigenvalue weighted by Crippen LogP contribution is 2.35. The molecule has 0 aliphatic heterocycles. The highest BCUT2D eigenvalue weighted by Gasteiger charge is 2.32. The third-order valence-corrected chi connectivity index (χ3v) is 3.72. The topological polar surface area (TPSA) is 35.2 Å².